The summed E-state index contributed by atoms with van der Waals surface area (Å²) in [7, 11) is 0. The molecule has 13 heavy (non-hydrogen) atoms. The summed E-state index contributed by atoms with van der Waals surface area (Å²) in [5.74, 6) is 0. The lowest BCUT2D eigenvalue weighted by Crippen LogP contribution is -2.30. The highest BCUT2D eigenvalue weighted by atomic mass is 16.5. The number of rotatable bonds is 4. The topological polar surface area (TPSA) is 50.4 Å². The molecule has 1 atom stereocenters. The number of hydrogen-bond acceptors (Lipinski definition) is 3. The summed E-state index contributed by atoms with van der Waals surface area (Å²) in [6.45, 7) is 4.06. The zero-order valence-corrected chi connectivity index (χ0v) is 8.14. The first-order chi connectivity index (χ1) is 6.33. The van der Waals surface area contributed by atoms with Crippen LogP contribution in [0.15, 0.2) is 0 Å². The monoisotopic (exact) mass is 186 g/mol. The van der Waals surface area contributed by atoms with Crippen LogP contribution in [0.5, 0.6) is 0 Å². The van der Waals surface area contributed by atoms with Crippen molar-refractivity contribution in [1.29, 1.82) is 0 Å². The van der Waals surface area contributed by atoms with E-state index in [1.54, 1.807) is 6.92 Å². The Hall–Kier alpha value is -0.770. The Morgan fingerprint density at radius 2 is 2.54 bits per heavy atom. The third-order valence-electron chi connectivity index (χ3n) is 2.20. The molecule has 76 valence electrons. The van der Waals surface area contributed by atoms with Crippen molar-refractivity contribution in [2.75, 3.05) is 19.7 Å². The molecule has 1 aliphatic heterocycles. The molecule has 0 saturated carbocycles. The van der Waals surface area contributed by atoms with Gasteiger partial charge < -0.3 is 15.4 Å². The van der Waals surface area contributed by atoms with E-state index in [0.29, 0.717) is 19.2 Å². The second-order valence-electron chi connectivity index (χ2n) is 3.23. The summed E-state index contributed by atoms with van der Waals surface area (Å²) in [5.41, 5.74) is 0. The molecule has 0 aromatic carbocycles. The summed E-state index contributed by atoms with van der Waals surface area (Å²) >= 11 is 0. The van der Waals surface area contributed by atoms with Gasteiger partial charge in [-0.05, 0) is 32.7 Å². The smallest absolute Gasteiger partial charge is 0.407 e. The molecule has 1 amide bonds. The quantitative estimate of drug-likeness (QED) is 0.685. The summed E-state index contributed by atoms with van der Waals surface area (Å²) in [6.07, 6.45) is 3.17. The molecule has 2 N–H and O–H groups in total. The second-order valence-corrected chi connectivity index (χ2v) is 3.23. The van der Waals surface area contributed by atoms with Gasteiger partial charge in [0, 0.05) is 12.6 Å². The number of amides is 1. The molecule has 1 fully saturated rings. The van der Waals surface area contributed by atoms with Crippen molar-refractivity contribution >= 4 is 6.09 Å². The van der Waals surface area contributed by atoms with Gasteiger partial charge in [0.1, 0.15) is 0 Å². The molecular weight excluding hydrogens is 168 g/mol. The number of hydrogen-bond donors (Lipinski definition) is 2. The van der Waals surface area contributed by atoms with E-state index in [-0.39, 0.29) is 6.09 Å². The molecule has 0 aliphatic carbocycles. The Morgan fingerprint density at radius 1 is 1.69 bits per heavy atom. The first kappa shape index (κ1) is 10.3. The molecule has 0 bridgehead atoms. The van der Waals surface area contributed by atoms with Gasteiger partial charge in [-0.3, -0.25) is 0 Å². The largest absolute Gasteiger partial charge is 0.450 e. The van der Waals surface area contributed by atoms with E-state index in [1.807, 2.05) is 0 Å². The molecule has 4 nitrogen and oxygen atoms in total. The second kappa shape index (κ2) is 5.80. The van der Waals surface area contributed by atoms with Crippen molar-refractivity contribution in [3.63, 3.8) is 0 Å². The van der Waals surface area contributed by atoms with Gasteiger partial charge in [0.2, 0.25) is 0 Å². The molecule has 1 rings (SSSR count). The maximum Gasteiger partial charge on any atom is 0.407 e. The van der Waals surface area contributed by atoms with Crippen LogP contribution in [0.25, 0.3) is 0 Å². The lowest BCUT2D eigenvalue weighted by atomic mass is 10.2. The normalized spacial score (nSPS) is 21.5. The summed E-state index contributed by atoms with van der Waals surface area (Å²) in [4.78, 5) is 10.9. The van der Waals surface area contributed by atoms with E-state index in [1.165, 1.54) is 12.8 Å². The van der Waals surface area contributed by atoms with E-state index in [4.69, 9.17) is 4.74 Å². The lowest BCUT2D eigenvalue weighted by Gasteiger charge is -2.10. The van der Waals surface area contributed by atoms with Crippen molar-refractivity contribution in [3.05, 3.63) is 0 Å². The number of carbonyl (C=O) groups excluding carboxylic acids is 1. The Labute approximate surface area is 79.0 Å². The molecule has 4 heteroatoms. The van der Waals surface area contributed by atoms with Gasteiger partial charge >= 0.3 is 6.09 Å². The lowest BCUT2D eigenvalue weighted by molar-refractivity contribution is 0.152. The van der Waals surface area contributed by atoms with Crippen LogP contribution in [0.4, 0.5) is 4.79 Å². The summed E-state index contributed by atoms with van der Waals surface area (Å²) in [5, 5.41) is 6.08. The third kappa shape index (κ3) is 4.12. The van der Waals surface area contributed by atoms with Gasteiger partial charge in [0.25, 0.3) is 0 Å². The van der Waals surface area contributed by atoms with Crippen LogP contribution in [0.2, 0.25) is 0 Å². The van der Waals surface area contributed by atoms with Gasteiger partial charge in [0.05, 0.1) is 6.61 Å². The molecule has 1 saturated heterocycles. The Morgan fingerprint density at radius 3 is 3.15 bits per heavy atom. The minimum Gasteiger partial charge on any atom is -0.450 e. The maximum absolute atomic E-state index is 10.9. The van der Waals surface area contributed by atoms with Crippen molar-refractivity contribution in [2.45, 2.75) is 32.2 Å². The van der Waals surface area contributed by atoms with Crippen molar-refractivity contribution in [1.82, 2.24) is 10.6 Å². The van der Waals surface area contributed by atoms with Crippen LogP contribution in [-0.4, -0.2) is 31.8 Å². The molecule has 0 aromatic heterocycles. The highest BCUT2D eigenvalue weighted by molar-refractivity contribution is 5.66. The van der Waals surface area contributed by atoms with Gasteiger partial charge in [-0.15, -0.1) is 0 Å². The van der Waals surface area contributed by atoms with E-state index in [9.17, 15) is 4.79 Å². The molecule has 0 unspecified atom stereocenters. The fourth-order valence-corrected chi connectivity index (χ4v) is 1.53. The predicted octanol–water partition coefficient (Wildman–Crippen LogP) is 0.875. The standard InChI is InChI=1S/C9H18N2O2/c1-2-13-9(12)11-7-5-8-4-3-6-10-8/h8,10H,2-7H2,1H3,(H,11,12)/t8-/m0/s1. The SMILES string of the molecule is CCOC(=O)NCC[C@@H]1CCCN1. The Kier molecular flexibility index (Phi) is 4.60. The highest BCUT2D eigenvalue weighted by Crippen LogP contribution is 2.07. The van der Waals surface area contributed by atoms with E-state index < -0.39 is 0 Å². The number of nitrogens with one attached hydrogen (secondary N) is 2. The van der Waals surface area contributed by atoms with Crippen LogP contribution in [0, 0.1) is 0 Å². The fraction of sp³-hybridized carbons (Fsp3) is 0.889. The Balaban J connectivity index is 1.96. The maximum atomic E-state index is 10.9. The average Bonchev–Trinajstić information content (AvgIpc) is 2.57. The van der Waals surface area contributed by atoms with E-state index >= 15 is 0 Å². The zero-order chi connectivity index (χ0) is 9.52. The van der Waals surface area contributed by atoms with Gasteiger partial charge in [-0.1, -0.05) is 0 Å². The number of alkyl carbamates (subject to hydrolysis) is 1. The van der Waals surface area contributed by atoms with Crippen LogP contribution < -0.4 is 10.6 Å². The van der Waals surface area contributed by atoms with E-state index in [0.717, 1.165) is 13.0 Å². The van der Waals surface area contributed by atoms with Crippen LogP contribution in [-0.2, 0) is 4.74 Å². The highest BCUT2D eigenvalue weighted by Gasteiger charge is 2.13. The van der Waals surface area contributed by atoms with Crippen LogP contribution >= 0.6 is 0 Å². The van der Waals surface area contributed by atoms with Crippen LogP contribution in [0.1, 0.15) is 26.2 Å². The van der Waals surface area contributed by atoms with Crippen molar-refractivity contribution in [2.24, 2.45) is 0 Å². The van der Waals surface area contributed by atoms with Gasteiger partial charge in [-0.25, -0.2) is 4.79 Å². The summed E-state index contributed by atoms with van der Waals surface area (Å²) < 4.78 is 4.74. The third-order valence-corrected chi connectivity index (χ3v) is 2.20. The zero-order valence-electron chi connectivity index (χ0n) is 8.14. The number of ether oxygens (including phenoxy) is 1. The van der Waals surface area contributed by atoms with Crippen molar-refractivity contribution in [3.8, 4) is 0 Å². The Bertz CT molecular complexity index is 156. The molecule has 0 aromatic rings. The van der Waals surface area contributed by atoms with Gasteiger partial charge in [0.15, 0.2) is 0 Å². The molecule has 1 heterocycles. The first-order valence-electron chi connectivity index (χ1n) is 4.97. The molecular formula is C9H18N2O2. The average molecular weight is 186 g/mol. The van der Waals surface area contributed by atoms with Gasteiger partial charge in [-0.2, -0.15) is 0 Å². The predicted molar refractivity (Wildman–Crippen MR) is 50.7 cm³/mol. The minimum atomic E-state index is -0.305. The minimum absolute atomic E-state index is 0.305. The fourth-order valence-electron chi connectivity index (χ4n) is 1.53. The number of carbonyl (C=O) groups is 1. The van der Waals surface area contributed by atoms with Crippen LogP contribution in [0.3, 0.4) is 0 Å². The van der Waals surface area contributed by atoms with Crippen molar-refractivity contribution < 1.29 is 9.53 Å². The summed E-state index contributed by atoms with van der Waals surface area (Å²) in [6, 6.07) is 0.585. The first-order valence-corrected chi connectivity index (χ1v) is 4.97. The van der Waals surface area contributed by atoms with E-state index in [2.05, 4.69) is 10.6 Å². The molecule has 0 radical (unpaired) electrons. The molecule has 1 aliphatic rings. The molecule has 0 spiro atoms.